The van der Waals surface area contributed by atoms with Gasteiger partial charge in [0.2, 0.25) is 0 Å². The highest BCUT2D eigenvalue weighted by Crippen LogP contribution is 2.34. The molecule has 1 saturated carbocycles. The smallest absolute Gasteiger partial charge is 0.0469 e. The third-order valence-electron chi connectivity index (χ3n) is 5.44. The van der Waals surface area contributed by atoms with Crippen LogP contribution in [0, 0.1) is 5.92 Å². The molecule has 0 aromatic heterocycles. The van der Waals surface area contributed by atoms with Crippen LogP contribution in [0.15, 0.2) is 30.3 Å². The maximum Gasteiger partial charge on any atom is 0.0469 e. The lowest BCUT2D eigenvalue weighted by molar-refractivity contribution is 0.0530. The van der Waals surface area contributed by atoms with Crippen molar-refractivity contribution in [1.82, 2.24) is 5.32 Å². The molecule has 0 bridgehead atoms. The Hall–Kier alpha value is -0.860. The van der Waals surface area contributed by atoms with Crippen molar-refractivity contribution in [2.45, 2.75) is 63.5 Å². The molecule has 2 fully saturated rings. The summed E-state index contributed by atoms with van der Waals surface area (Å²) in [6.07, 6.45) is 7.86. The van der Waals surface area contributed by atoms with E-state index in [-0.39, 0.29) is 0 Å². The van der Waals surface area contributed by atoms with E-state index in [1.807, 2.05) is 0 Å². The molecule has 0 spiro atoms. The Labute approximate surface area is 129 Å². The van der Waals surface area contributed by atoms with Gasteiger partial charge in [-0.2, -0.15) is 0 Å². The quantitative estimate of drug-likeness (QED) is 0.899. The lowest BCUT2D eigenvalue weighted by atomic mass is 9.79. The predicted octanol–water partition coefficient (Wildman–Crippen LogP) is 4.12. The zero-order valence-corrected chi connectivity index (χ0v) is 13.3. The minimum atomic E-state index is 0.614. The van der Waals surface area contributed by atoms with E-state index in [9.17, 15) is 0 Å². The highest BCUT2D eigenvalue weighted by Gasteiger charge is 2.29. The fraction of sp³-hybridized carbons (Fsp3) is 0.684. The van der Waals surface area contributed by atoms with Crippen LogP contribution in [0.4, 0.5) is 0 Å². The van der Waals surface area contributed by atoms with Crippen LogP contribution in [-0.2, 0) is 4.74 Å². The highest BCUT2D eigenvalue weighted by atomic mass is 16.5. The minimum Gasteiger partial charge on any atom is -0.381 e. The fourth-order valence-electron chi connectivity index (χ4n) is 4.12. The predicted molar refractivity (Wildman–Crippen MR) is 87.6 cm³/mol. The topological polar surface area (TPSA) is 21.3 Å². The van der Waals surface area contributed by atoms with Gasteiger partial charge in [0.05, 0.1) is 0 Å². The molecule has 2 nitrogen and oxygen atoms in total. The van der Waals surface area contributed by atoms with Gasteiger partial charge in [-0.3, -0.25) is 0 Å². The van der Waals surface area contributed by atoms with Crippen LogP contribution in [0.25, 0.3) is 0 Å². The Morgan fingerprint density at radius 1 is 1.00 bits per heavy atom. The normalized spacial score (nSPS) is 29.2. The molecule has 1 aromatic carbocycles. The minimum absolute atomic E-state index is 0.614. The number of rotatable bonds is 4. The maximum absolute atomic E-state index is 5.50. The summed E-state index contributed by atoms with van der Waals surface area (Å²) in [7, 11) is 0. The number of benzene rings is 1. The number of nitrogens with one attached hydrogen (secondary N) is 1. The molecular formula is C19H29NO. The van der Waals surface area contributed by atoms with Gasteiger partial charge in [0.15, 0.2) is 0 Å². The summed E-state index contributed by atoms with van der Waals surface area (Å²) in [5.41, 5.74) is 1.52. The van der Waals surface area contributed by atoms with E-state index < -0.39 is 0 Å². The van der Waals surface area contributed by atoms with Crippen LogP contribution >= 0.6 is 0 Å². The zero-order chi connectivity index (χ0) is 14.5. The monoisotopic (exact) mass is 287 g/mol. The molecule has 0 amide bonds. The van der Waals surface area contributed by atoms with Gasteiger partial charge in [0.25, 0.3) is 0 Å². The van der Waals surface area contributed by atoms with Crippen molar-refractivity contribution >= 4 is 0 Å². The van der Waals surface area contributed by atoms with E-state index >= 15 is 0 Å². The maximum atomic E-state index is 5.50. The first-order valence-corrected chi connectivity index (χ1v) is 8.73. The summed E-state index contributed by atoms with van der Waals surface area (Å²) in [6, 6.07) is 12.4. The van der Waals surface area contributed by atoms with Crippen LogP contribution in [0.1, 0.15) is 56.9 Å². The first-order chi connectivity index (χ1) is 10.3. The molecule has 3 atom stereocenters. The molecule has 3 rings (SSSR count). The van der Waals surface area contributed by atoms with Crippen molar-refractivity contribution in [3.8, 4) is 0 Å². The van der Waals surface area contributed by atoms with Gasteiger partial charge in [-0.05, 0) is 50.0 Å². The van der Waals surface area contributed by atoms with Crippen molar-refractivity contribution in [1.29, 1.82) is 0 Å². The second kappa shape index (κ2) is 7.42. The van der Waals surface area contributed by atoms with Crippen LogP contribution in [-0.4, -0.2) is 25.3 Å². The molecule has 2 aliphatic rings. The first kappa shape index (κ1) is 15.1. The van der Waals surface area contributed by atoms with Crippen molar-refractivity contribution in [3.05, 3.63) is 35.9 Å². The van der Waals surface area contributed by atoms with Gasteiger partial charge >= 0.3 is 0 Å². The van der Waals surface area contributed by atoms with Crippen LogP contribution in [0.3, 0.4) is 0 Å². The molecule has 116 valence electrons. The largest absolute Gasteiger partial charge is 0.381 e. The van der Waals surface area contributed by atoms with Crippen LogP contribution in [0.5, 0.6) is 0 Å². The third-order valence-corrected chi connectivity index (χ3v) is 5.44. The Balaban J connectivity index is 1.64. The number of hydrogen-bond acceptors (Lipinski definition) is 2. The molecule has 1 N–H and O–H groups in total. The molecule has 3 unspecified atom stereocenters. The first-order valence-electron chi connectivity index (χ1n) is 8.73. The van der Waals surface area contributed by atoms with E-state index in [1.54, 1.807) is 0 Å². The van der Waals surface area contributed by atoms with Crippen LogP contribution < -0.4 is 5.32 Å². The van der Waals surface area contributed by atoms with Gasteiger partial charge < -0.3 is 10.1 Å². The van der Waals surface area contributed by atoms with Crippen molar-refractivity contribution in [2.75, 3.05) is 13.2 Å². The van der Waals surface area contributed by atoms with E-state index in [4.69, 9.17) is 4.74 Å². The van der Waals surface area contributed by atoms with Gasteiger partial charge in [-0.1, -0.05) is 43.2 Å². The molecule has 1 aliphatic carbocycles. The average molecular weight is 287 g/mol. The Bertz CT molecular complexity index is 413. The van der Waals surface area contributed by atoms with Crippen molar-refractivity contribution in [2.24, 2.45) is 5.92 Å². The summed E-state index contributed by atoms with van der Waals surface area (Å²) in [5.74, 6) is 1.49. The standard InChI is InChI=1S/C19H29NO/c1-15(16-11-13-21-14-12-16)20-19-10-6-5-9-18(19)17-7-3-2-4-8-17/h2-4,7-8,15-16,18-20H,5-6,9-14H2,1H3. The Morgan fingerprint density at radius 3 is 2.48 bits per heavy atom. The molecule has 0 radical (unpaired) electrons. The van der Waals surface area contributed by atoms with Crippen molar-refractivity contribution < 1.29 is 4.74 Å². The molecule has 1 saturated heterocycles. The highest BCUT2D eigenvalue weighted by molar-refractivity contribution is 5.22. The summed E-state index contributed by atoms with van der Waals surface area (Å²) in [4.78, 5) is 0. The molecule has 2 heteroatoms. The van der Waals surface area contributed by atoms with E-state index in [0.717, 1.165) is 19.1 Å². The number of hydrogen-bond donors (Lipinski definition) is 1. The van der Waals surface area contributed by atoms with Gasteiger partial charge in [-0.15, -0.1) is 0 Å². The van der Waals surface area contributed by atoms with E-state index in [1.165, 1.54) is 44.1 Å². The second-order valence-electron chi connectivity index (χ2n) is 6.81. The molecular weight excluding hydrogens is 258 g/mol. The zero-order valence-electron chi connectivity index (χ0n) is 13.3. The Morgan fingerprint density at radius 2 is 1.71 bits per heavy atom. The fourth-order valence-corrected chi connectivity index (χ4v) is 4.12. The molecule has 1 heterocycles. The second-order valence-corrected chi connectivity index (χ2v) is 6.81. The third kappa shape index (κ3) is 3.87. The van der Waals surface area contributed by atoms with Gasteiger partial charge in [-0.25, -0.2) is 0 Å². The average Bonchev–Trinajstić information content (AvgIpc) is 2.57. The van der Waals surface area contributed by atoms with E-state index in [2.05, 4.69) is 42.6 Å². The summed E-state index contributed by atoms with van der Waals surface area (Å²) >= 11 is 0. The lowest BCUT2D eigenvalue weighted by Gasteiger charge is -2.38. The molecule has 1 aromatic rings. The molecule has 21 heavy (non-hydrogen) atoms. The van der Waals surface area contributed by atoms with Crippen LogP contribution in [0.2, 0.25) is 0 Å². The van der Waals surface area contributed by atoms with Gasteiger partial charge in [0.1, 0.15) is 0 Å². The summed E-state index contributed by atoms with van der Waals surface area (Å²) < 4.78 is 5.50. The van der Waals surface area contributed by atoms with E-state index in [0.29, 0.717) is 18.0 Å². The number of ether oxygens (including phenoxy) is 1. The van der Waals surface area contributed by atoms with Crippen molar-refractivity contribution in [3.63, 3.8) is 0 Å². The summed E-state index contributed by atoms with van der Waals surface area (Å²) in [6.45, 7) is 4.28. The summed E-state index contributed by atoms with van der Waals surface area (Å²) in [5, 5.41) is 3.98. The molecule has 1 aliphatic heterocycles. The Kier molecular flexibility index (Phi) is 5.32. The van der Waals surface area contributed by atoms with Gasteiger partial charge in [0, 0.05) is 25.3 Å². The SMILES string of the molecule is CC(NC1CCCCC1c1ccccc1)C1CCOCC1. The lowest BCUT2D eigenvalue weighted by Crippen LogP contribution is -2.46.